The van der Waals surface area contributed by atoms with Gasteiger partial charge in [-0.2, -0.15) is 0 Å². The third-order valence-electron chi connectivity index (χ3n) is 4.69. The molecule has 1 aliphatic heterocycles. The number of hydrogen-bond donors (Lipinski definition) is 2. The molecule has 0 spiro atoms. The van der Waals surface area contributed by atoms with E-state index in [4.69, 9.17) is 0 Å². The lowest BCUT2D eigenvalue weighted by Gasteiger charge is -2.18. The maximum atomic E-state index is 12.7. The second kappa shape index (κ2) is 8.54. The normalized spacial score (nSPS) is 13.6. The summed E-state index contributed by atoms with van der Waals surface area (Å²) < 4.78 is 0. The van der Waals surface area contributed by atoms with Crippen molar-refractivity contribution >= 4 is 23.2 Å². The van der Waals surface area contributed by atoms with E-state index in [0.29, 0.717) is 13.0 Å². The quantitative estimate of drug-likeness (QED) is 0.744. The highest BCUT2D eigenvalue weighted by Gasteiger charge is 2.23. The van der Waals surface area contributed by atoms with Gasteiger partial charge < -0.3 is 15.5 Å². The molecule has 1 heterocycles. The number of nitrogens with one attached hydrogen (secondary N) is 2. The first-order valence-electron chi connectivity index (χ1n) is 9.21. The first kappa shape index (κ1) is 18.7. The van der Waals surface area contributed by atoms with Crippen LogP contribution in [0.25, 0.3) is 0 Å². The third-order valence-corrected chi connectivity index (χ3v) is 4.69. The number of carbonyl (C=O) groups is 2. The van der Waals surface area contributed by atoms with E-state index in [0.717, 1.165) is 29.9 Å². The number of hydrogen-bond acceptors (Lipinski definition) is 3. The SMILES string of the molecule is C=CCNC(=O)[C@@H](C)Nc1ccc(CC(=O)N2CCc3ccccc32)cc1. The highest BCUT2D eigenvalue weighted by molar-refractivity contribution is 5.96. The summed E-state index contributed by atoms with van der Waals surface area (Å²) in [5.74, 6) is 0.0275. The van der Waals surface area contributed by atoms with Crippen LogP contribution in [-0.4, -0.2) is 30.9 Å². The molecule has 2 N–H and O–H groups in total. The molecule has 0 bridgehead atoms. The predicted molar refractivity (Wildman–Crippen MR) is 109 cm³/mol. The van der Waals surface area contributed by atoms with Crippen LogP contribution in [0.1, 0.15) is 18.1 Å². The number of carbonyl (C=O) groups excluding carboxylic acids is 2. The number of benzene rings is 2. The summed E-state index contributed by atoms with van der Waals surface area (Å²) >= 11 is 0. The van der Waals surface area contributed by atoms with Gasteiger partial charge in [0.25, 0.3) is 0 Å². The van der Waals surface area contributed by atoms with E-state index in [1.54, 1.807) is 13.0 Å². The van der Waals surface area contributed by atoms with Crippen LogP contribution >= 0.6 is 0 Å². The van der Waals surface area contributed by atoms with Gasteiger partial charge in [-0.15, -0.1) is 6.58 Å². The average Bonchev–Trinajstić information content (AvgIpc) is 3.11. The largest absolute Gasteiger partial charge is 0.374 e. The van der Waals surface area contributed by atoms with E-state index < -0.39 is 0 Å². The molecule has 2 aromatic rings. The van der Waals surface area contributed by atoms with Crippen molar-refractivity contribution in [2.45, 2.75) is 25.8 Å². The van der Waals surface area contributed by atoms with Crippen LogP contribution < -0.4 is 15.5 Å². The van der Waals surface area contributed by atoms with Crippen LogP contribution in [0.15, 0.2) is 61.2 Å². The molecule has 2 aromatic carbocycles. The Morgan fingerprint density at radius 1 is 1.19 bits per heavy atom. The zero-order valence-corrected chi connectivity index (χ0v) is 15.6. The molecule has 1 atom stereocenters. The van der Waals surface area contributed by atoms with E-state index >= 15 is 0 Å². The Balaban J connectivity index is 1.57. The molecule has 0 unspecified atom stereocenters. The van der Waals surface area contributed by atoms with Crippen molar-refractivity contribution in [1.29, 1.82) is 0 Å². The molecule has 3 rings (SSSR count). The Morgan fingerprint density at radius 2 is 1.93 bits per heavy atom. The number of rotatable bonds is 7. The molecule has 5 heteroatoms. The molecule has 1 aliphatic rings. The molecule has 0 saturated heterocycles. The van der Waals surface area contributed by atoms with Crippen molar-refractivity contribution in [3.63, 3.8) is 0 Å². The molecule has 0 aromatic heterocycles. The van der Waals surface area contributed by atoms with Crippen molar-refractivity contribution in [2.75, 3.05) is 23.3 Å². The van der Waals surface area contributed by atoms with Gasteiger partial charge in [0, 0.05) is 24.5 Å². The number of anilines is 2. The van der Waals surface area contributed by atoms with Gasteiger partial charge in [0.15, 0.2) is 0 Å². The molecule has 27 heavy (non-hydrogen) atoms. The van der Waals surface area contributed by atoms with E-state index in [1.165, 1.54) is 5.56 Å². The molecular weight excluding hydrogens is 338 g/mol. The zero-order valence-electron chi connectivity index (χ0n) is 15.6. The first-order chi connectivity index (χ1) is 13.1. The minimum absolute atomic E-state index is 0.0816. The predicted octanol–water partition coefficient (Wildman–Crippen LogP) is 2.92. The number of para-hydroxylation sites is 1. The Labute approximate surface area is 160 Å². The number of fused-ring (bicyclic) bond motifs is 1. The van der Waals surface area contributed by atoms with Crippen LogP contribution in [0.4, 0.5) is 11.4 Å². The van der Waals surface area contributed by atoms with Crippen LogP contribution in [-0.2, 0) is 22.4 Å². The highest BCUT2D eigenvalue weighted by atomic mass is 16.2. The van der Waals surface area contributed by atoms with Crippen LogP contribution in [0.2, 0.25) is 0 Å². The molecule has 0 aliphatic carbocycles. The van der Waals surface area contributed by atoms with Crippen LogP contribution in [0.5, 0.6) is 0 Å². The highest BCUT2D eigenvalue weighted by Crippen LogP contribution is 2.28. The lowest BCUT2D eigenvalue weighted by atomic mass is 10.1. The number of nitrogens with zero attached hydrogens (tertiary/aromatic N) is 1. The Hall–Kier alpha value is -3.08. The van der Waals surface area contributed by atoms with Crippen molar-refractivity contribution in [3.8, 4) is 0 Å². The smallest absolute Gasteiger partial charge is 0.242 e. The minimum Gasteiger partial charge on any atom is -0.374 e. The number of amides is 2. The molecule has 0 saturated carbocycles. The van der Waals surface area contributed by atoms with Gasteiger partial charge in [-0.05, 0) is 42.7 Å². The molecule has 5 nitrogen and oxygen atoms in total. The molecule has 140 valence electrons. The third kappa shape index (κ3) is 4.56. The van der Waals surface area contributed by atoms with E-state index in [1.807, 2.05) is 47.4 Å². The molecule has 2 amide bonds. The fourth-order valence-corrected chi connectivity index (χ4v) is 3.23. The maximum absolute atomic E-state index is 12.7. The van der Waals surface area contributed by atoms with Gasteiger partial charge in [-0.3, -0.25) is 9.59 Å². The van der Waals surface area contributed by atoms with Crippen molar-refractivity contribution in [2.24, 2.45) is 0 Å². The van der Waals surface area contributed by atoms with E-state index in [-0.39, 0.29) is 17.9 Å². The summed E-state index contributed by atoms with van der Waals surface area (Å²) in [6, 6.07) is 15.4. The summed E-state index contributed by atoms with van der Waals surface area (Å²) in [6.07, 6.45) is 2.93. The van der Waals surface area contributed by atoms with Crippen LogP contribution in [0.3, 0.4) is 0 Å². The van der Waals surface area contributed by atoms with Gasteiger partial charge in [-0.25, -0.2) is 0 Å². The maximum Gasteiger partial charge on any atom is 0.242 e. The van der Waals surface area contributed by atoms with Gasteiger partial charge in [0.1, 0.15) is 6.04 Å². The Bertz CT molecular complexity index is 830. The van der Waals surface area contributed by atoms with E-state index in [9.17, 15) is 9.59 Å². The zero-order chi connectivity index (χ0) is 19.2. The molecular formula is C22H25N3O2. The fourth-order valence-electron chi connectivity index (χ4n) is 3.23. The Morgan fingerprint density at radius 3 is 2.67 bits per heavy atom. The topological polar surface area (TPSA) is 61.4 Å². The lowest BCUT2D eigenvalue weighted by Crippen LogP contribution is -2.37. The second-order valence-corrected chi connectivity index (χ2v) is 6.70. The standard InChI is InChI=1S/C22H25N3O2/c1-3-13-23-22(27)16(2)24-19-10-8-17(9-11-19)15-21(26)25-14-12-18-6-4-5-7-20(18)25/h3-11,16,24H,1,12-15H2,2H3,(H,23,27)/t16-/m1/s1. The van der Waals surface area contributed by atoms with Crippen molar-refractivity contribution < 1.29 is 9.59 Å². The lowest BCUT2D eigenvalue weighted by molar-refractivity contribution is -0.121. The Kier molecular flexibility index (Phi) is 5.91. The van der Waals surface area contributed by atoms with Crippen molar-refractivity contribution in [3.05, 3.63) is 72.3 Å². The molecule has 0 fully saturated rings. The summed E-state index contributed by atoms with van der Waals surface area (Å²) in [5.41, 5.74) is 4.06. The van der Waals surface area contributed by atoms with Crippen molar-refractivity contribution in [1.82, 2.24) is 5.32 Å². The second-order valence-electron chi connectivity index (χ2n) is 6.70. The molecule has 0 radical (unpaired) electrons. The van der Waals surface area contributed by atoms with Gasteiger partial charge in [-0.1, -0.05) is 36.4 Å². The van der Waals surface area contributed by atoms with E-state index in [2.05, 4.69) is 23.3 Å². The summed E-state index contributed by atoms with van der Waals surface area (Å²) in [4.78, 5) is 26.4. The van der Waals surface area contributed by atoms with Crippen LogP contribution in [0, 0.1) is 0 Å². The fraction of sp³-hybridized carbons (Fsp3) is 0.273. The monoisotopic (exact) mass is 363 g/mol. The summed E-state index contributed by atoms with van der Waals surface area (Å²) in [6.45, 7) is 6.59. The average molecular weight is 363 g/mol. The van der Waals surface area contributed by atoms with Gasteiger partial charge in [0.05, 0.1) is 6.42 Å². The van der Waals surface area contributed by atoms with Gasteiger partial charge >= 0.3 is 0 Å². The summed E-state index contributed by atoms with van der Waals surface area (Å²) in [7, 11) is 0. The first-order valence-corrected chi connectivity index (χ1v) is 9.21. The summed E-state index contributed by atoms with van der Waals surface area (Å²) in [5, 5.41) is 5.92. The minimum atomic E-state index is -0.349. The van der Waals surface area contributed by atoms with Gasteiger partial charge in [0.2, 0.25) is 11.8 Å².